The molecule has 4 heteroatoms. The van der Waals surface area contributed by atoms with Crippen molar-refractivity contribution in [1.29, 1.82) is 0 Å². The predicted molar refractivity (Wildman–Crippen MR) is 88.9 cm³/mol. The molecule has 1 aromatic heterocycles. The number of thiophene rings is 1. The van der Waals surface area contributed by atoms with E-state index in [0.29, 0.717) is 5.56 Å². The molecule has 22 heavy (non-hydrogen) atoms. The topological polar surface area (TPSA) is 46.5 Å². The number of carbonyl (C=O) groups excluding carboxylic acids is 1. The van der Waals surface area contributed by atoms with Crippen molar-refractivity contribution in [3.8, 4) is 10.4 Å². The summed E-state index contributed by atoms with van der Waals surface area (Å²) in [4.78, 5) is 12.9. The molecular formula is C18H16O3S. The van der Waals surface area contributed by atoms with Crippen molar-refractivity contribution in [1.82, 2.24) is 0 Å². The van der Waals surface area contributed by atoms with Crippen molar-refractivity contribution in [3.05, 3.63) is 60.2 Å². The molecule has 0 aliphatic heterocycles. The third-order valence-corrected chi connectivity index (χ3v) is 4.69. The lowest BCUT2D eigenvalue weighted by Crippen LogP contribution is -2.15. The summed E-state index contributed by atoms with van der Waals surface area (Å²) in [7, 11) is 0. The van der Waals surface area contributed by atoms with Gasteiger partial charge in [-0.25, -0.2) is 4.79 Å². The van der Waals surface area contributed by atoms with Crippen molar-refractivity contribution in [2.45, 2.75) is 13.0 Å². The van der Waals surface area contributed by atoms with Crippen LogP contribution in [0.3, 0.4) is 0 Å². The zero-order chi connectivity index (χ0) is 15.5. The lowest BCUT2D eigenvalue weighted by Gasteiger charge is -2.12. The molecule has 0 spiro atoms. The van der Waals surface area contributed by atoms with Gasteiger partial charge in [0.15, 0.2) is 6.10 Å². The quantitative estimate of drug-likeness (QED) is 0.736. The van der Waals surface area contributed by atoms with Gasteiger partial charge in [0.1, 0.15) is 0 Å². The first-order valence-corrected chi connectivity index (χ1v) is 7.95. The van der Waals surface area contributed by atoms with Gasteiger partial charge in [-0.2, -0.15) is 0 Å². The Balaban J connectivity index is 2.20. The van der Waals surface area contributed by atoms with E-state index < -0.39 is 12.1 Å². The van der Waals surface area contributed by atoms with Gasteiger partial charge in [-0.3, -0.25) is 0 Å². The first-order valence-electron chi connectivity index (χ1n) is 7.14. The van der Waals surface area contributed by atoms with E-state index in [-0.39, 0.29) is 6.61 Å². The van der Waals surface area contributed by atoms with E-state index in [9.17, 15) is 9.90 Å². The highest BCUT2D eigenvalue weighted by atomic mass is 32.1. The van der Waals surface area contributed by atoms with E-state index in [4.69, 9.17) is 4.74 Å². The van der Waals surface area contributed by atoms with Crippen molar-refractivity contribution >= 4 is 27.4 Å². The first kappa shape index (κ1) is 14.8. The number of rotatable bonds is 4. The van der Waals surface area contributed by atoms with Gasteiger partial charge in [0.2, 0.25) is 0 Å². The Kier molecular flexibility index (Phi) is 4.22. The Morgan fingerprint density at radius 1 is 1.14 bits per heavy atom. The number of hydrogen-bond acceptors (Lipinski definition) is 4. The molecule has 0 amide bonds. The van der Waals surface area contributed by atoms with Gasteiger partial charge in [-0.1, -0.05) is 48.5 Å². The molecular weight excluding hydrogens is 296 g/mol. The minimum absolute atomic E-state index is 0.249. The average Bonchev–Trinajstić information content (AvgIpc) is 2.94. The highest BCUT2D eigenvalue weighted by molar-refractivity contribution is 7.22. The van der Waals surface area contributed by atoms with Gasteiger partial charge in [0.05, 0.1) is 6.61 Å². The van der Waals surface area contributed by atoms with Crippen LogP contribution in [0.25, 0.3) is 20.5 Å². The lowest BCUT2D eigenvalue weighted by atomic mass is 10.0. The van der Waals surface area contributed by atoms with E-state index in [0.717, 1.165) is 20.5 Å². The van der Waals surface area contributed by atoms with Crippen LogP contribution in [0.4, 0.5) is 0 Å². The van der Waals surface area contributed by atoms with Crippen LogP contribution in [0.15, 0.2) is 54.6 Å². The van der Waals surface area contributed by atoms with Gasteiger partial charge in [-0.05, 0) is 23.9 Å². The van der Waals surface area contributed by atoms with E-state index in [1.54, 1.807) is 18.3 Å². The van der Waals surface area contributed by atoms with Crippen LogP contribution in [-0.2, 0) is 9.53 Å². The zero-order valence-corrected chi connectivity index (χ0v) is 13.0. The molecule has 3 nitrogen and oxygen atoms in total. The third kappa shape index (κ3) is 2.63. The maximum absolute atomic E-state index is 12.0. The third-order valence-electron chi connectivity index (χ3n) is 3.45. The number of fused-ring (bicyclic) bond motifs is 1. The van der Waals surface area contributed by atoms with Crippen molar-refractivity contribution in [3.63, 3.8) is 0 Å². The summed E-state index contributed by atoms with van der Waals surface area (Å²) in [6.45, 7) is 1.98. The number of ether oxygens (including phenoxy) is 1. The first-order chi connectivity index (χ1) is 10.7. The summed E-state index contributed by atoms with van der Waals surface area (Å²) in [5, 5.41) is 11.4. The Labute approximate surface area is 132 Å². The summed E-state index contributed by atoms with van der Waals surface area (Å²) in [6, 6.07) is 17.6. The monoisotopic (exact) mass is 312 g/mol. The van der Waals surface area contributed by atoms with E-state index in [1.165, 1.54) is 0 Å². The molecule has 1 unspecified atom stereocenters. The molecule has 0 radical (unpaired) electrons. The molecule has 3 rings (SSSR count). The largest absolute Gasteiger partial charge is 0.464 e. The Morgan fingerprint density at radius 2 is 1.82 bits per heavy atom. The Hall–Kier alpha value is -2.17. The zero-order valence-electron chi connectivity index (χ0n) is 12.2. The number of esters is 1. The fourth-order valence-corrected chi connectivity index (χ4v) is 3.72. The van der Waals surface area contributed by atoms with Gasteiger partial charge in [0, 0.05) is 15.1 Å². The van der Waals surface area contributed by atoms with E-state index in [2.05, 4.69) is 0 Å². The normalized spacial score (nSPS) is 12.3. The molecule has 0 saturated carbocycles. The SMILES string of the molecule is CCOC(=O)C(O)c1c(-c2ccccc2)sc2ccccc12. The number of benzene rings is 2. The van der Waals surface area contributed by atoms with E-state index >= 15 is 0 Å². The lowest BCUT2D eigenvalue weighted by molar-refractivity contribution is -0.153. The van der Waals surface area contributed by atoms with Gasteiger partial charge in [-0.15, -0.1) is 11.3 Å². The van der Waals surface area contributed by atoms with Crippen molar-refractivity contribution in [2.24, 2.45) is 0 Å². The number of aliphatic hydroxyl groups excluding tert-OH is 1. The second-order valence-corrected chi connectivity index (χ2v) is 5.91. The van der Waals surface area contributed by atoms with Crippen LogP contribution in [0.2, 0.25) is 0 Å². The predicted octanol–water partition coefficient (Wildman–Crippen LogP) is 4.16. The second-order valence-electron chi connectivity index (χ2n) is 4.86. The fraction of sp³-hybridized carbons (Fsp3) is 0.167. The summed E-state index contributed by atoms with van der Waals surface area (Å²) >= 11 is 1.57. The molecule has 1 atom stereocenters. The van der Waals surface area contributed by atoms with E-state index in [1.807, 2.05) is 54.6 Å². The minimum atomic E-state index is -1.27. The molecule has 0 fully saturated rings. The number of hydrogen-bond donors (Lipinski definition) is 1. The van der Waals surface area contributed by atoms with Crippen LogP contribution in [-0.4, -0.2) is 17.7 Å². The molecule has 0 bridgehead atoms. The van der Waals surface area contributed by atoms with Gasteiger partial charge < -0.3 is 9.84 Å². The van der Waals surface area contributed by atoms with Crippen LogP contribution >= 0.6 is 11.3 Å². The highest BCUT2D eigenvalue weighted by Gasteiger charge is 2.26. The molecule has 0 aliphatic carbocycles. The summed E-state index contributed by atoms with van der Waals surface area (Å²) in [5.74, 6) is -0.608. The average molecular weight is 312 g/mol. The molecule has 3 aromatic rings. The summed E-state index contributed by atoms with van der Waals surface area (Å²) < 4.78 is 6.02. The van der Waals surface area contributed by atoms with Crippen molar-refractivity contribution < 1.29 is 14.6 Å². The van der Waals surface area contributed by atoms with Crippen LogP contribution in [0.5, 0.6) is 0 Å². The second kappa shape index (κ2) is 6.30. The molecule has 2 aromatic carbocycles. The molecule has 1 heterocycles. The number of carbonyl (C=O) groups is 1. The molecule has 0 saturated heterocycles. The van der Waals surface area contributed by atoms with Crippen LogP contribution in [0.1, 0.15) is 18.6 Å². The number of aliphatic hydroxyl groups is 1. The van der Waals surface area contributed by atoms with Gasteiger partial charge >= 0.3 is 5.97 Å². The molecule has 0 aliphatic rings. The van der Waals surface area contributed by atoms with Crippen molar-refractivity contribution in [2.75, 3.05) is 6.61 Å². The maximum atomic E-state index is 12.0. The Bertz CT molecular complexity index is 792. The Morgan fingerprint density at radius 3 is 2.55 bits per heavy atom. The summed E-state index contributed by atoms with van der Waals surface area (Å²) in [5.41, 5.74) is 1.62. The molecule has 112 valence electrons. The smallest absolute Gasteiger partial charge is 0.339 e. The highest BCUT2D eigenvalue weighted by Crippen LogP contribution is 2.42. The molecule has 1 N–H and O–H groups in total. The van der Waals surface area contributed by atoms with Gasteiger partial charge in [0.25, 0.3) is 0 Å². The minimum Gasteiger partial charge on any atom is -0.464 e. The summed E-state index contributed by atoms with van der Waals surface area (Å²) in [6.07, 6.45) is -1.27. The van der Waals surface area contributed by atoms with Crippen LogP contribution < -0.4 is 0 Å². The van der Waals surface area contributed by atoms with Crippen LogP contribution in [0, 0.1) is 0 Å². The standard InChI is InChI=1S/C18H16O3S/c1-2-21-18(20)16(19)15-13-10-6-7-11-14(13)22-17(15)12-8-4-3-5-9-12/h3-11,16,19H,2H2,1H3. The fourth-order valence-electron chi connectivity index (χ4n) is 2.48. The maximum Gasteiger partial charge on any atom is 0.339 e.